The van der Waals surface area contributed by atoms with Crippen molar-refractivity contribution in [2.45, 2.75) is 19.4 Å². The van der Waals surface area contributed by atoms with Gasteiger partial charge < -0.3 is 4.74 Å². The lowest BCUT2D eigenvalue weighted by molar-refractivity contribution is 0.112. The van der Waals surface area contributed by atoms with Crippen LogP contribution in [0.5, 0.6) is 5.75 Å². The Balaban J connectivity index is 2.98. The van der Waals surface area contributed by atoms with Gasteiger partial charge in [-0.3, -0.25) is 4.79 Å². The van der Waals surface area contributed by atoms with Crippen molar-refractivity contribution >= 4 is 17.9 Å². The smallest absolute Gasteiger partial charge is 0.163 e. The van der Waals surface area contributed by atoms with E-state index in [0.717, 1.165) is 6.29 Å². The molecule has 0 fully saturated rings. The van der Waals surface area contributed by atoms with Gasteiger partial charge in [-0.2, -0.15) is 0 Å². The summed E-state index contributed by atoms with van der Waals surface area (Å²) in [6.07, 6.45) is 6.01. The Morgan fingerprint density at radius 1 is 1.53 bits per heavy atom. The summed E-state index contributed by atoms with van der Waals surface area (Å²) in [6, 6.07) is 4.79. The van der Waals surface area contributed by atoms with E-state index in [1.54, 1.807) is 26.0 Å². The number of halogens is 1. The normalized spacial score (nSPS) is 10.5. The van der Waals surface area contributed by atoms with E-state index in [1.165, 1.54) is 6.07 Å². The summed E-state index contributed by atoms with van der Waals surface area (Å²) in [5.41, 5.74) is -0.211. The van der Waals surface area contributed by atoms with Crippen molar-refractivity contribution in [1.82, 2.24) is 0 Å². The topological polar surface area (TPSA) is 26.3 Å². The molecule has 0 spiro atoms. The van der Waals surface area contributed by atoms with Gasteiger partial charge in [-0.1, -0.05) is 17.5 Å². The van der Waals surface area contributed by atoms with Crippen LogP contribution in [0.15, 0.2) is 18.2 Å². The van der Waals surface area contributed by atoms with Gasteiger partial charge in [-0.05, 0) is 32.0 Å². The molecule has 78 valence electrons. The number of carbonyl (C=O) groups excluding carboxylic acids is 1. The maximum atomic E-state index is 10.5. The van der Waals surface area contributed by atoms with Crippen LogP contribution in [-0.4, -0.2) is 11.9 Å². The van der Waals surface area contributed by atoms with Crippen molar-refractivity contribution in [3.8, 4) is 18.1 Å². The zero-order valence-corrected chi connectivity index (χ0v) is 9.34. The van der Waals surface area contributed by atoms with Crippen LogP contribution in [0.2, 0.25) is 5.02 Å². The number of hydrogen-bond acceptors (Lipinski definition) is 2. The second kappa shape index (κ2) is 4.37. The molecule has 0 radical (unpaired) electrons. The quantitative estimate of drug-likeness (QED) is 0.581. The van der Waals surface area contributed by atoms with E-state index in [2.05, 4.69) is 5.92 Å². The van der Waals surface area contributed by atoms with E-state index < -0.39 is 5.60 Å². The molecule has 0 aromatic heterocycles. The van der Waals surface area contributed by atoms with Gasteiger partial charge in [0.2, 0.25) is 0 Å². The molecule has 0 saturated heterocycles. The number of hydrogen-bond donors (Lipinski definition) is 0. The third-order valence-corrected chi connectivity index (χ3v) is 2.10. The van der Waals surface area contributed by atoms with Crippen molar-refractivity contribution < 1.29 is 9.53 Å². The summed E-state index contributed by atoms with van der Waals surface area (Å²) < 4.78 is 5.50. The summed E-state index contributed by atoms with van der Waals surface area (Å²) in [6.45, 7) is 3.52. The van der Waals surface area contributed by atoms with E-state index in [4.69, 9.17) is 22.8 Å². The monoisotopic (exact) mass is 222 g/mol. The lowest BCUT2D eigenvalue weighted by Crippen LogP contribution is -2.25. The van der Waals surface area contributed by atoms with Crippen LogP contribution >= 0.6 is 11.6 Å². The number of rotatable bonds is 3. The zero-order valence-electron chi connectivity index (χ0n) is 8.58. The molecule has 0 aliphatic carbocycles. The molecule has 3 heteroatoms. The SMILES string of the molecule is C#CC(C)(C)Oc1ccc(C=O)cc1Cl. The van der Waals surface area contributed by atoms with E-state index in [0.29, 0.717) is 16.3 Å². The molecule has 1 aromatic carbocycles. The molecular formula is C12H11ClO2. The first kappa shape index (κ1) is 11.6. The Morgan fingerprint density at radius 2 is 2.20 bits per heavy atom. The molecule has 0 saturated carbocycles. The Hall–Kier alpha value is -1.46. The zero-order chi connectivity index (χ0) is 11.5. The van der Waals surface area contributed by atoms with Gasteiger partial charge in [0.05, 0.1) is 5.02 Å². The lowest BCUT2D eigenvalue weighted by atomic mass is 10.1. The number of ether oxygens (including phenoxy) is 1. The van der Waals surface area contributed by atoms with Crippen LogP contribution in [-0.2, 0) is 0 Å². The molecule has 0 unspecified atom stereocenters. The number of benzene rings is 1. The molecule has 0 amide bonds. The molecule has 0 atom stereocenters. The van der Waals surface area contributed by atoms with Gasteiger partial charge >= 0.3 is 0 Å². The van der Waals surface area contributed by atoms with Crippen LogP contribution in [0.1, 0.15) is 24.2 Å². The number of terminal acetylenes is 1. The summed E-state index contributed by atoms with van der Waals surface area (Å²) in [5.74, 6) is 2.97. The van der Waals surface area contributed by atoms with Crippen LogP contribution in [0.25, 0.3) is 0 Å². The highest BCUT2D eigenvalue weighted by molar-refractivity contribution is 6.32. The first-order chi connectivity index (χ1) is 6.98. The van der Waals surface area contributed by atoms with E-state index >= 15 is 0 Å². The van der Waals surface area contributed by atoms with Gasteiger partial charge in [0.25, 0.3) is 0 Å². The molecule has 0 heterocycles. The first-order valence-electron chi connectivity index (χ1n) is 4.40. The van der Waals surface area contributed by atoms with Crippen LogP contribution in [0, 0.1) is 12.3 Å². The second-order valence-corrected chi connectivity index (χ2v) is 3.97. The summed E-state index contributed by atoms with van der Waals surface area (Å²) in [5, 5.41) is 0.378. The Labute approximate surface area is 94.2 Å². The Kier molecular flexibility index (Phi) is 3.39. The highest BCUT2D eigenvalue weighted by atomic mass is 35.5. The standard InChI is InChI=1S/C12H11ClO2/c1-4-12(2,3)15-11-6-5-9(8-14)7-10(11)13/h1,5-8H,2-3H3. The number of carbonyl (C=O) groups is 1. The molecule has 0 N–H and O–H groups in total. The fourth-order valence-corrected chi connectivity index (χ4v) is 1.21. The molecule has 0 aliphatic heterocycles. The molecule has 1 aromatic rings. The third kappa shape index (κ3) is 3.00. The largest absolute Gasteiger partial charge is 0.474 e. The van der Waals surface area contributed by atoms with Gasteiger partial charge in [-0.15, -0.1) is 6.42 Å². The van der Waals surface area contributed by atoms with Crippen LogP contribution in [0.4, 0.5) is 0 Å². The van der Waals surface area contributed by atoms with E-state index in [-0.39, 0.29) is 0 Å². The van der Waals surface area contributed by atoms with Crippen LogP contribution < -0.4 is 4.74 Å². The summed E-state index contributed by atoms with van der Waals surface area (Å²) in [4.78, 5) is 10.5. The van der Waals surface area contributed by atoms with Crippen molar-refractivity contribution in [2.24, 2.45) is 0 Å². The summed E-state index contributed by atoms with van der Waals surface area (Å²) in [7, 11) is 0. The summed E-state index contributed by atoms with van der Waals surface area (Å²) >= 11 is 5.92. The highest BCUT2D eigenvalue weighted by Gasteiger charge is 2.17. The molecule has 2 nitrogen and oxygen atoms in total. The minimum absolute atomic E-state index is 0.378. The fourth-order valence-electron chi connectivity index (χ4n) is 0.978. The van der Waals surface area contributed by atoms with Gasteiger partial charge in [0, 0.05) is 5.56 Å². The predicted molar refractivity (Wildman–Crippen MR) is 60.4 cm³/mol. The fraction of sp³-hybridized carbons (Fsp3) is 0.250. The number of aldehydes is 1. The molecule has 1 rings (SSSR count). The maximum absolute atomic E-state index is 10.5. The van der Waals surface area contributed by atoms with E-state index in [9.17, 15) is 4.79 Å². The average molecular weight is 223 g/mol. The first-order valence-corrected chi connectivity index (χ1v) is 4.78. The third-order valence-electron chi connectivity index (χ3n) is 1.80. The molecule has 0 bridgehead atoms. The molecular weight excluding hydrogens is 212 g/mol. The molecule has 0 aliphatic rings. The maximum Gasteiger partial charge on any atom is 0.163 e. The van der Waals surface area contributed by atoms with Gasteiger partial charge in [-0.25, -0.2) is 0 Å². The second-order valence-electron chi connectivity index (χ2n) is 3.56. The lowest BCUT2D eigenvalue weighted by Gasteiger charge is -2.20. The van der Waals surface area contributed by atoms with E-state index in [1.807, 2.05) is 0 Å². The van der Waals surface area contributed by atoms with Gasteiger partial charge in [0.1, 0.15) is 12.0 Å². The Morgan fingerprint density at radius 3 is 2.67 bits per heavy atom. The molecule has 15 heavy (non-hydrogen) atoms. The van der Waals surface area contributed by atoms with Crippen molar-refractivity contribution in [3.63, 3.8) is 0 Å². The van der Waals surface area contributed by atoms with Crippen LogP contribution in [0.3, 0.4) is 0 Å². The van der Waals surface area contributed by atoms with Gasteiger partial charge in [0.15, 0.2) is 5.60 Å². The Bertz CT molecular complexity index is 416. The predicted octanol–water partition coefficient (Wildman–Crippen LogP) is 2.94. The minimum Gasteiger partial charge on any atom is -0.474 e. The van der Waals surface area contributed by atoms with Crippen molar-refractivity contribution in [2.75, 3.05) is 0 Å². The van der Waals surface area contributed by atoms with Crippen molar-refractivity contribution in [3.05, 3.63) is 28.8 Å². The average Bonchev–Trinajstić information content (AvgIpc) is 2.21. The van der Waals surface area contributed by atoms with Crippen molar-refractivity contribution in [1.29, 1.82) is 0 Å². The highest BCUT2D eigenvalue weighted by Crippen LogP contribution is 2.28. The minimum atomic E-state index is -0.716.